The summed E-state index contributed by atoms with van der Waals surface area (Å²) in [4.78, 5) is 34.8. The summed E-state index contributed by atoms with van der Waals surface area (Å²) < 4.78 is 3.18. The molecule has 5 rings (SSSR count). The van der Waals surface area contributed by atoms with Gasteiger partial charge in [-0.2, -0.15) is 0 Å². The van der Waals surface area contributed by atoms with Crippen molar-refractivity contribution in [1.29, 1.82) is 0 Å². The van der Waals surface area contributed by atoms with Gasteiger partial charge < -0.3 is 5.32 Å². The van der Waals surface area contributed by atoms with Gasteiger partial charge >= 0.3 is 0 Å². The summed E-state index contributed by atoms with van der Waals surface area (Å²) in [5.41, 5.74) is 3.48. The smallest absolute Gasteiger partial charge is 0.254 e. The number of amides is 1. The van der Waals surface area contributed by atoms with Crippen molar-refractivity contribution in [1.82, 2.24) is 34.8 Å². The number of nitrogens with one attached hydrogen (secondary N) is 1. The molecule has 1 aromatic carbocycles. The molecule has 1 N–H and O–H groups in total. The molecular weight excluding hydrogens is 525 g/mol. The van der Waals surface area contributed by atoms with Crippen LogP contribution in [0.4, 0.5) is 0 Å². The number of pyridine rings is 1. The highest BCUT2D eigenvalue weighted by Crippen LogP contribution is 2.29. The molecule has 1 atom stereocenters. The average molecular weight is 552 g/mol. The van der Waals surface area contributed by atoms with E-state index in [-0.39, 0.29) is 22.7 Å². The second-order valence-corrected chi connectivity index (χ2v) is 10.1. The Hall–Kier alpha value is -3.56. The Morgan fingerprint density at radius 3 is 2.66 bits per heavy atom. The first-order valence-corrected chi connectivity index (χ1v) is 13.4. The van der Waals surface area contributed by atoms with Crippen LogP contribution in [0.25, 0.3) is 16.9 Å². The normalized spacial score (nSPS) is 17.0. The first-order chi connectivity index (χ1) is 18.5. The molecule has 1 amide bonds. The van der Waals surface area contributed by atoms with E-state index in [1.54, 1.807) is 41.5 Å². The van der Waals surface area contributed by atoms with Crippen LogP contribution in [0.1, 0.15) is 55.8 Å². The van der Waals surface area contributed by atoms with Crippen LogP contribution in [-0.4, -0.2) is 42.0 Å². The van der Waals surface area contributed by atoms with Crippen molar-refractivity contribution >= 4 is 29.1 Å². The molecule has 11 heteroatoms. The standard InChI is InChI=1S/C27H27Cl2N7O2/c28-19-8-9-23(36-16-25(29)33-34-36)20(14-19)21-15-27(38)35(17-32-21)24-6-2-1-3-11-31-26(37)7-4-5-18-10-12-30-22(24)13-18/h8-10,12-17,24H,1-7,11H2,(H,31,37)/t24-/m0/s1. The van der Waals surface area contributed by atoms with Gasteiger partial charge in [0, 0.05) is 35.8 Å². The number of hydrogen-bond donors (Lipinski definition) is 1. The third-order valence-corrected chi connectivity index (χ3v) is 7.06. The Morgan fingerprint density at radius 1 is 0.947 bits per heavy atom. The van der Waals surface area contributed by atoms with Crippen LogP contribution in [0.2, 0.25) is 10.2 Å². The number of fused-ring (bicyclic) bond motifs is 2. The first-order valence-electron chi connectivity index (χ1n) is 12.7. The fraction of sp³-hybridized carbons (Fsp3) is 0.333. The van der Waals surface area contributed by atoms with Crippen LogP contribution in [0.3, 0.4) is 0 Å². The molecule has 9 nitrogen and oxygen atoms in total. The largest absolute Gasteiger partial charge is 0.356 e. The second kappa shape index (κ2) is 11.9. The summed E-state index contributed by atoms with van der Waals surface area (Å²) in [7, 11) is 0. The lowest BCUT2D eigenvalue weighted by atomic mass is 10.0. The maximum absolute atomic E-state index is 13.5. The van der Waals surface area contributed by atoms with E-state index in [9.17, 15) is 9.59 Å². The van der Waals surface area contributed by atoms with Gasteiger partial charge in [0.2, 0.25) is 5.91 Å². The highest BCUT2D eigenvalue weighted by atomic mass is 35.5. The van der Waals surface area contributed by atoms with Gasteiger partial charge in [0.1, 0.15) is 0 Å². The molecule has 0 saturated heterocycles. The highest BCUT2D eigenvalue weighted by molar-refractivity contribution is 6.31. The van der Waals surface area contributed by atoms with Gasteiger partial charge in [-0.15, -0.1) is 5.10 Å². The van der Waals surface area contributed by atoms with Gasteiger partial charge in [-0.25, -0.2) is 9.67 Å². The van der Waals surface area contributed by atoms with Crippen molar-refractivity contribution in [3.63, 3.8) is 0 Å². The monoisotopic (exact) mass is 551 g/mol. The molecule has 1 aliphatic rings. The van der Waals surface area contributed by atoms with E-state index in [4.69, 9.17) is 23.2 Å². The molecule has 0 aliphatic carbocycles. The van der Waals surface area contributed by atoms with E-state index >= 15 is 0 Å². The molecule has 1 aliphatic heterocycles. The number of aromatic nitrogens is 6. The number of benzene rings is 1. The van der Waals surface area contributed by atoms with E-state index in [1.165, 1.54) is 10.7 Å². The summed E-state index contributed by atoms with van der Waals surface area (Å²) in [6, 6.07) is 10.5. The maximum atomic E-state index is 13.5. The number of aryl methyl sites for hydroxylation is 1. The SMILES string of the molecule is O=C1CCCc2ccnc(c2)[C@@H](n2cnc(-c3cc(Cl)ccc3-n3cc(Cl)nn3)cc2=O)CCCCCN1. The maximum Gasteiger partial charge on any atom is 0.254 e. The highest BCUT2D eigenvalue weighted by Gasteiger charge is 2.20. The Morgan fingerprint density at radius 2 is 1.84 bits per heavy atom. The first kappa shape index (κ1) is 26.1. The van der Waals surface area contributed by atoms with Crippen molar-refractivity contribution in [3.05, 3.63) is 86.9 Å². The minimum Gasteiger partial charge on any atom is -0.356 e. The minimum absolute atomic E-state index is 0.0988. The summed E-state index contributed by atoms with van der Waals surface area (Å²) in [6.07, 6.45) is 10.4. The van der Waals surface area contributed by atoms with Crippen molar-refractivity contribution in [2.45, 2.75) is 51.0 Å². The Balaban J connectivity index is 1.50. The summed E-state index contributed by atoms with van der Waals surface area (Å²) in [5, 5.41) is 11.6. The molecule has 3 aromatic heterocycles. The van der Waals surface area contributed by atoms with Gasteiger partial charge in [-0.1, -0.05) is 41.3 Å². The van der Waals surface area contributed by atoms with Crippen LogP contribution < -0.4 is 10.9 Å². The zero-order valence-electron chi connectivity index (χ0n) is 20.7. The van der Waals surface area contributed by atoms with E-state index in [1.807, 2.05) is 12.1 Å². The van der Waals surface area contributed by atoms with Gasteiger partial charge in [-0.3, -0.25) is 19.1 Å². The fourth-order valence-electron chi connectivity index (χ4n) is 4.74. The van der Waals surface area contributed by atoms with Crippen LogP contribution in [0.15, 0.2) is 59.9 Å². The number of carbonyl (C=O) groups is 1. The van der Waals surface area contributed by atoms with Gasteiger partial charge in [0.15, 0.2) is 5.15 Å². The van der Waals surface area contributed by atoms with Gasteiger partial charge in [-0.05, 0) is 61.6 Å². The van der Waals surface area contributed by atoms with Crippen molar-refractivity contribution in [2.75, 3.05) is 6.54 Å². The molecule has 2 bridgehead atoms. The lowest BCUT2D eigenvalue weighted by molar-refractivity contribution is -0.121. The molecule has 0 fully saturated rings. The predicted octanol–water partition coefficient (Wildman–Crippen LogP) is 4.80. The van der Waals surface area contributed by atoms with Crippen LogP contribution in [0.5, 0.6) is 0 Å². The van der Waals surface area contributed by atoms with Crippen LogP contribution in [0, 0.1) is 0 Å². The molecule has 0 radical (unpaired) electrons. The zero-order chi connectivity index (χ0) is 26.5. The van der Waals surface area contributed by atoms with E-state index in [0.717, 1.165) is 49.8 Å². The van der Waals surface area contributed by atoms with Crippen LogP contribution >= 0.6 is 23.2 Å². The number of halogens is 2. The molecule has 0 saturated carbocycles. The number of nitrogens with zero attached hydrogens (tertiary/aromatic N) is 6. The van der Waals surface area contributed by atoms with Crippen molar-refractivity contribution < 1.29 is 4.79 Å². The summed E-state index contributed by atoms with van der Waals surface area (Å²) in [6.45, 7) is 0.669. The van der Waals surface area contributed by atoms with Gasteiger partial charge in [0.05, 0.1) is 35.6 Å². The molecule has 38 heavy (non-hydrogen) atoms. The third-order valence-electron chi connectivity index (χ3n) is 6.65. The Labute approximate surface area is 229 Å². The van der Waals surface area contributed by atoms with Crippen molar-refractivity contribution in [3.8, 4) is 16.9 Å². The van der Waals surface area contributed by atoms with Gasteiger partial charge in [0.25, 0.3) is 5.56 Å². The lowest BCUT2D eigenvalue weighted by Gasteiger charge is -2.21. The minimum atomic E-state index is -0.255. The van der Waals surface area contributed by atoms with E-state index in [2.05, 4.69) is 25.6 Å². The predicted molar refractivity (Wildman–Crippen MR) is 146 cm³/mol. The quantitative estimate of drug-likeness (QED) is 0.392. The van der Waals surface area contributed by atoms with E-state index < -0.39 is 0 Å². The molecule has 4 heterocycles. The lowest BCUT2D eigenvalue weighted by Crippen LogP contribution is -2.27. The zero-order valence-corrected chi connectivity index (χ0v) is 22.2. The van der Waals surface area contributed by atoms with Crippen molar-refractivity contribution in [2.24, 2.45) is 0 Å². The topological polar surface area (TPSA) is 108 Å². The molecule has 0 spiro atoms. The molecule has 4 aromatic rings. The average Bonchev–Trinajstić information content (AvgIpc) is 3.34. The molecular formula is C27H27Cl2N7O2. The number of rotatable bonds is 3. The summed E-state index contributed by atoms with van der Waals surface area (Å²) in [5.74, 6) is 0.0988. The van der Waals surface area contributed by atoms with E-state index in [0.29, 0.717) is 34.9 Å². The number of carbonyl (C=O) groups excluding carboxylic acids is 1. The Bertz CT molecular complexity index is 1500. The third kappa shape index (κ3) is 6.11. The Kier molecular flexibility index (Phi) is 8.14. The molecule has 196 valence electrons. The van der Waals surface area contributed by atoms with Crippen LogP contribution in [-0.2, 0) is 11.2 Å². The molecule has 0 unspecified atom stereocenters. The fourth-order valence-corrected chi connectivity index (χ4v) is 5.03. The second-order valence-electron chi connectivity index (χ2n) is 9.32. The summed E-state index contributed by atoms with van der Waals surface area (Å²) >= 11 is 12.3. The number of hydrogen-bond acceptors (Lipinski definition) is 6.